The van der Waals surface area contributed by atoms with Gasteiger partial charge in [-0.05, 0) is 49.1 Å². The lowest BCUT2D eigenvalue weighted by Crippen LogP contribution is -2.43. The topological polar surface area (TPSA) is 80.0 Å². The summed E-state index contributed by atoms with van der Waals surface area (Å²) in [5, 5.41) is 9.97. The highest BCUT2D eigenvalue weighted by atomic mass is 35.5. The van der Waals surface area contributed by atoms with E-state index in [0.717, 1.165) is 0 Å². The van der Waals surface area contributed by atoms with Crippen LogP contribution < -0.4 is 0 Å². The first-order chi connectivity index (χ1) is 15.8. The van der Waals surface area contributed by atoms with Crippen LogP contribution in [0.2, 0.25) is 5.02 Å². The summed E-state index contributed by atoms with van der Waals surface area (Å²) in [4.78, 5) is 21.3. The highest BCUT2D eigenvalue weighted by Crippen LogP contribution is 2.34. The van der Waals surface area contributed by atoms with Gasteiger partial charge in [-0.15, -0.1) is 10.2 Å². The van der Waals surface area contributed by atoms with Crippen LogP contribution in [-0.2, 0) is 6.54 Å². The Balaban J connectivity index is 1.44. The highest BCUT2D eigenvalue weighted by molar-refractivity contribution is 7.09. The van der Waals surface area contributed by atoms with Crippen molar-refractivity contribution in [3.8, 4) is 10.8 Å². The molecule has 4 heterocycles. The van der Waals surface area contributed by atoms with Gasteiger partial charge in [0.15, 0.2) is 16.7 Å². The molecule has 0 saturated carbocycles. The van der Waals surface area contributed by atoms with E-state index in [1.54, 1.807) is 34.1 Å². The zero-order chi connectivity index (χ0) is 23.2. The number of alkyl halides is 2. The van der Waals surface area contributed by atoms with Gasteiger partial charge in [0, 0.05) is 43.2 Å². The SMILES string of the molecule is Cc1nsc(-c2nnc3n2CCN(C(=O)c2ccc(Cl)cc2)C3CCN2CCC(F)(F)C2)n1. The van der Waals surface area contributed by atoms with E-state index in [1.165, 1.54) is 11.5 Å². The average molecular weight is 494 g/mol. The van der Waals surface area contributed by atoms with Crippen LogP contribution in [0.4, 0.5) is 8.78 Å². The Morgan fingerprint density at radius 2 is 2.00 bits per heavy atom. The predicted octanol–water partition coefficient (Wildman–Crippen LogP) is 3.69. The monoisotopic (exact) mass is 493 g/mol. The first kappa shape index (κ1) is 22.3. The molecule has 0 radical (unpaired) electrons. The third-order valence-electron chi connectivity index (χ3n) is 6.06. The number of carbonyl (C=O) groups is 1. The van der Waals surface area contributed by atoms with E-state index in [-0.39, 0.29) is 18.9 Å². The van der Waals surface area contributed by atoms with Crippen LogP contribution in [0.5, 0.6) is 0 Å². The Kier molecular flexibility index (Phi) is 5.87. The number of aryl methyl sites for hydroxylation is 1. The minimum absolute atomic E-state index is 0.137. The summed E-state index contributed by atoms with van der Waals surface area (Å²) >= 11 is 7.23. The van der Waals surface area contributed by atoms with Crippen LogP contribution in [0.25, 0.3) is 10.8 Å². The standard InChI is InChI=1S/C21H22ClF2N7OS/c1-13-25-19(33-28-13)18-27-26-17-16(6-8-29-9-7-21(23,24)12-29)30(10-11-31(17)18)20(32)14-2-4-15(22)5-3-14/h2-5,16H,6-12H2,1H3. The van der Waals surface area contributed by atoms with E-state index >= 15 is 0 Å². The molecule has 1 fully saturated rings. The van der Waals surface area contributed by atoms with Gasteiger partial charge in [0.2, 0.25) is 0 Å². The maximum Gasteiger partial charge on any atom is 0.261 e. The fraction of sp³-hybridized carbons (Fsp3) is 0.476. The molecule has 174 valence electrons. The van der Waals surface area contributed by atoms with Gasteiger partial charge in [-0.1, -0.05) is 11.6 Å². The molecule has 5 rings (SSSR count). The third kappa shape index (κ3) is 4.49. The van der Waals surface area contributed by atoms with Crippen molar-refractivity contribution in [3.63, 3.8) is 0 Å². The first-order valence-electron chi connectivity index (χ1n) is 10.7. The molecular formula is C21H22ClF2N7OS. The number of likely N-dealkylation sites (tertiary alicyclic amines) is 1. The molecule has 2 aliphatic heterocycles. The molecule has 1 saturated heterocycles. The normalized spacial score (nSPS) is 20.2. The maximum atomic E-state index is 13.7. The second kappa shape index (κ2) is 8.69. The summed E-state index contributed by atoms with van der Waals surface area (Å²) in [6.45, 7) is 3.28. The molecular weight excluding hydrogens is 472 g/mol. The van der Waals surface area contributed by atoms with Gasteiger partial charge in [0.25, 0.3) is 11.8 Å². The Bertz CT molecular complexity index is 1170. The smallest absolute Gasteiger partial charge is 0.261 e. The summed E-state index contributed by atoms with van der Waals surface area (Å²) in [5.74, 6) is -0.890. The van der Waals surface area contributed by atoms with Crippen molar-refractivity contribution in [2.45, 2.75) is 38.3 Å². The average Bonchev–Trinajstić information content (AvgIpc) is 3.49. The zero-order valence-corrected chi connectivity index (χ0v) is 19.5. The second-order valence-electron chi connectivity index (χ2n) is 8.37. The lowest BCUT2D eigenvalue weighted by molar-refractivity contribution is 0.0109. The molecule has 1 atom stereocenters. The molecule has 0 bridgehead atoms. The number of nitrogens with zero attached hydrogens (tertiary/aromatic N) is 7. The van der Waals surface area contributed by atoms with Crippen molar-refractivity contribution in [1.82, 2.24) is 33.9 Å². The molecule has 8 nitrogen and oxygen atoms in total. The van der Waals surface area contributed by atoms with Crippen molar-refractivity contribution in [1.29, 1.82) is 0 Å². The quantitative estimate of drug-likeness (QED) is 0.539. The maximum absolute atomic E-state index is 13.7. The summed E-state index contributed by atoms with van der Waals surface area (Å²) in [6.07, 6.45) is 0.338. The molecule has 2 aliphatic rings. The minimum atomic E-state index is -2.66. The number of fused-ring (bicyclic) bond motifs is 1. The van der Waals surface area contributed by atoms with Crippen molar-refractivity contribution >= 4 is 29.0 Å². The molecule has 1 unspecified atom stereocenters. The first-order valence-corrected chi connectivity index (χ1v) is 11.9. The van der Waals surface area contributed by atoms with Crippen molar-refractivity contribution in [3.05, 3.63) is 46.5 Å². The molecule has 33 heavy (non-hydrogen) atoms. The Hall–Kier alpha value is -2.50. The van der Waals surface area contributed by atoms with Gasteiger partial charge >= 0.3 is 0 Å². The lowest BCUT2D eigenvalue weighted by Gasteiger charge is -2.36. The van der Waals surface area contributed by atoms with Crippen LogP contribution in [-0.4, -0.2) is 71.9 Å². The summed E-state index contributed by atoms with van der Waals surface area (Å²) < 4.78 is 33.6. The van der Waals surface area contributed by atoms with Gasteiger partial charge < -0.3 is 9.47 Å². The number of hydrogen-bond acceptors (Lipinski definition) is 7. The molecule has 1 aromatic carbocycles. The Labute approximate surface area is 198 Å². The van der Waals surface area contributed by atoms with E-state index < -0.39 is 12.0 Å². The molecule has 0 spiro atoms. The Morgan fingerprint density at radius 1 is 1.21 bits per heavy atom. The number of carbonyl (C=O) groups excluding carboxylic acids is 1. The Morgan fingerprint density at radius 3 is 2.67 bits per heavy atom. The molecule has 1 amide bonds. The number of benzene rings is 1. The van der Waals surface area contributed by atoms with Crippen LogP contribution in [0.15, 0.2) is 24.3 Å². The van der Waals surface area contributed by atoms with E-state index in [9.17, 15) is 13.6 Å². The van der Waals surface area contributed by atoms with Crippen LogP contribution in [0.1, 0.15) is 40.9 Å². The lowest BCUT2D eigenvalue weighted by atomic mass is 10.1. The number of rotatable bonds is 5. The van der Waals surface area contributed by atoms with E-state index in [0.29, 0.717) is 65.7 Å². The molecule has 12 heteroatoms. The highest BCUT2D eigenvalue weighted by Gasteiger charge is 2.40. The summed E-state index contributed by atoms with van der Waals surface area (Å²) in [5.41, 5.74) is 0.519. The molecule has 0 N–H and O–H groups in total. The third-order valence-corrected chi connectivity index (χ3v) is 7.11. The largest absolute Gasteiger partial charge is 0.327 e. The number of halogens is 3. The molecule has 3 aromatic rings. The summed E-state index contributed by atoms with van der Waals surface area (Å²) in [7, 11) is 0. The number of hydrogen-bond donors (Lipinski definition) is 0. The van der Waals surface area contributed by atoms with Crippen molar-refractivity contribution in [2.75, 3.05) is 26.2 Å². The fourth-order valence-corrected chi connectivity index (χ4v) is 5.21. The van der Waals surface area contributed by atoms with Crippen LogP contribution in [0, 0.1) is 6.92 Å². The van der Waals surface area contributed by atoms with Gasteiger partial charge in [0.05, 0.1) is 12.6 Å². The predicted molar refractivity (Wildman–Crippen MR) is 120 cm³/mol. The van der Waals surface area contributed by atoms with Gasteiger partial charge in [-0.25, -0.2) is 13.8 Å². The molecule has 2 aromatic heterocycles. The van der Waals surface area contributed by atoms with Crippen LogP contribution >= 0.6 is 23.1 Å². The van der Waals surface area contributed by atoms with E-state index in [4.69, 9.17) is 11.6 Å². The van der Waals surface area contributed by atoms with E-state index in [2.05, 4.69) is 19.6 Å². The van der Waals surface area contributed by atoms with Gasteiger partial charge in [-0.3, -0.25) is 9.69 Å². The number of amides is 1. The second-order valence-corrected chi connectivity index (χ2v) is 9.56. The van der Waals surface area contributed by atoms with Crippen LogP contribution in [0.3, 0.4) is 0 Å². The van der Waals surface area contributed by atoms with Crippen molar-refractivity contribution < 1.29 is 13.6 Å². The van der Waals surface area contributed by atoms with Gasteiger partial charge in [-0.2, -0.15) is 4.37 Å². The van der Waals surface area contributed by atoms with E-state index in [1.807, 2.05) is 11.5 Å². The fourth-order valence-electron chi connectivity index (χ4n) is 4.42. The number of aromatic nitrogens is 5. The van der Waals surface area contributed by atoms with Gasteiger partial charge in [0.1, 0.15) is 5.82 Å². The zero-order valence-electron chi connectivity index (χ0n) is 17.9. The molecule has 0 aliphatic carbocycles. The van der Waals surface area contributed by atoms with Crippen molar-refractivity contribution in [2.24, 2.45) is 0 Å². The summed E-state index contributed by atoms with van der Waals surface area (Å²) in [6, 6.07) is 6.35. The minimum Gasteiger partial charge on any atom is -0.327 e.